The number of nitrogens with zero attached hydrogens (tertiary/aromatic N) is 3. The molecule has 2 heterocycles. The Morgan fingerprint density at radius 2 is 2.12 bits per heavy atom. The second-order valence-corrected chi connectivity index (χ2v) is 7.99. The third kappa shape index (κ3) is 5.67. The van der Waals surface area contributed by atoms with Gasteiger partial charge in [0.1, 0.15) is 17.8 Å². The van der Waals surface area contributed by atoms with Crippen molar-refractivity contribution in [1.29, 1.82) is 0 Å². The van der Waals surface area contributed by atoms with Gasteiger partial charge in [0.15, 0.2) is 5.49 Å². The van der Waals surface area contributed by atoms with Crippen LogP contribution >= 0.6 is 11.6 Å². The van der Waals surface area contributed by atoms with Crippen LogP contribution in [0.3, 0.4) is 0 Å². The number of amides is 2. The van der Waals surface area contributed by atoms with Crippen LogP contribution in [0.5, 0.6) is 0 Å². The van der Waals surface area contributed by atoms with Crippen LogP contribution in [-0.4, -0.2) is 48.1 Å². The van der Waals surface area contributed by atoms with Crippen LogP contribution < -0.4 is 21.3 Å². The molecular formula is C24H24ClN5O4. The minimum atomic E-state index is -0.373. The Hall–Kier alpha value is -3.56. The van der Waals surface area contributed by atoms with Gasteiger partial charge in [-0.3, -0.25) is 9.59 Å². The predicted molar refractivity (Wildman–Crippen MR) is 126 cm³/mol. The highest BCUT2D eigenvalue weighted by Gasteiger charge is 2.21. The average Bonchev–Trinajstić information content (AvgIpc) is 2.84. The van der Waals surface area contributed by atoms with E-state index < -0.39 is 0 Å². The monoisotopic (exact) mass is 481 g/mol. The lowest BCUT2D eigenvalue weighted by Crippen LogP contribution is -2.36. The highest BCUT2D eigenvalue weighted by molar-refractivity contribution is 6.32. The van der Waals surface area contributed by atoms with Crippen molar-refractivity contribution >= 4 is 35.6 Å². The lowest BCUT2D eigenvalue weighted by atomic mass is 10.0. The Balaban J connectivity index is 1.81. The Bertz CT molecular complexity index is 1260. The molecule has 1 unspecified atom stereocenters. The number of allylic oxidation sites excluding steroid dienone is 2. The Labute approximate surface area is 201 Å². The predicted octanol–water partition coefficient (Wildman–Crippen LogP) is 1.14. The number of carbonyl (C=O) groups is 2. The Kier molecular flexibility index (Phi) is 7.66. The molecule has 1 atom stereocenters. The summed E-state index contributed by atoms with van der Waals surface area (Å²) in [6, 6.07) is 0. The number of halogens is 1. The van der Waals surface area contributed by atoms with Crippen molar-refractivity contribution in [2.45, 2.75) is 25.4 Å². The lowest BCUT2D eigenvalue weighted by Gasteiger charge is -2.18. The van der Waals surface area contributed by atoms with Gasteiger partial charge in [0.2, 0.25) is 11.8 Å². The minimum absolute atomic E-state index is 0.113. The minimum Gasteiger partial charge on any atom is -0.498 e. The van der Waals surface area contributed by atoms with E-state index in [9.17, 15) is 9.59 Å². The van der Waals surface area contributed by atoms with Gasteiger partial charge in [0.05, 0.1) is 18.9 Å². The van der Waals surface area contributed by atoms with Crippen molar-refractivity contribution in [2.75, 3.05) is 20.3 Å². The fourth-order valence-electron chi connectivity index (χ4n) is 3.56. The number of methoxy groups -OCH3 is 1. The van der Waals surface area contributed by atoms with E-state index in [0.29, 0.717) is 64.3 Å². The number of carbonyl (C=O) groups excluding carboxylic acids is 2. The molecule has 9 nitrogen and oxygen atoms in total. The standard InChI is InChI=1S/C24H24ClN5O4/c1-33-20-9-7-18(25)17-13-27-22(32)4-2-10-26-21(31)5-3-11-34-15-6-8-19-16(12-15)24(29-14-28-19)30-23(17)20/h2,4,6-8,12-15H,3,5,9-11H2,1H3,(H,26,31)(H,27,32)/b4-2-,17-13-,30-24?. The number of rotatable bonds is 1. The molecule has 3 aliphatic rings. The zero-order chi connectivity index (χ0) is 23.9. The van der Waals surface area contributed by atoms with Crippen LogP contribution in [0.1, 0.15) is 25.0 Å². The van der Waals surface area contributed by atoms with Crippen LogP contribution in [-0.2, 0) is 19.1 Å². The fourth-order valence-corrected chi connectivity index (χ4v) is 3.78. The molecule has 2 aliphatic carbocycles. The zero-order valence-corrected chi connectivity index (χ0v) is 19.3. The summed E-state index contributed by atoms with van der Waals surface area (Å²) in [5.74, 6) is 0.0976. The zero-order valence-electron chi connectivity index (χ0n) is 18.6. The van der Waals surface area contributed by atoms with Gasteiger partial charge in [0, 0.05) is 54.1 Å². The quantitative estimate of drug-likeness (QED) is 0.621. The topological polar surface area (TPSA) is 115 Å². The summed E-state index contributed by atoms with van der Waals surface area (Å²) in [5.41, 5.74) is 2.09. The maximum atomic E-state index is 12.3. The second-order valence-electron chi connectivity index (χ2n) is 7.58. The van der Waals surface area contributed by atoms with Gasteiger partial charge < -0.3 is 20.1 Å². The maximum Gasteiger partial charge on any atom is 0.247 e. The molecule has 0 spiro atoms. The molecule has 1 aromatic heterocycles. The van der Waals surface area contributed by atoms with E-state index in [1.165, 1.54) is 18.6 Å². The van der Waals surface area contributed by atoms with Gasteiger partial charge in [-0.05, 0) is 24.6 Å². The van der Waals surface area contributed by atoms with Gasteiger partial charge >= 0.3 is 0 Å². The summed E-state index contributed by atoms with van der Waals surface area (Å²) in [7, 11) is 1.56. The van der Waals surface area contributed by atoms with Crippen molar-refractivity contribution in [3.63, 3.8) is 0 Å². The molecule has 176 valence electrons. The summed E-state index contributed by atoms with van der Waals surface area (Å²) < 4.78 is 11.5. The molecule has 0 saturated carbocycles. The van der Waals surface area contributed by atoms with Gasteiger partial charge in [-0.2, -0.15) is 0 Å². The number of hydrogen-bond donors (Lipinski definition) is 2. The smallest absolute Gasteiger partial charge is 0.247 e. The van der Waals surface area contributed by atoms with E-state index in [1.54, 1.807) is 19.3 Å². The maximum absolute atomic E-state index is 12.3. The van der Waals surface area contributed by atoms with Gasteiger partial charge in [0.25, 0.3) is 0 Å². The van der Waals surface area contributed by atoms with Crippen LogP contribution in [0, 0.1) is 0 Å². The molecule has 1 aliphatic heterocycles. The van der Waals surface area contributed by atoms with E-state index in [1.807, 2.05) is 18.2 Å². The molecule has 0 fully saturated rings. The summed E-state index contributed by atoms with van der Waals surface area (Å²) in [4.78, 5) is 37.7. The summed E-state index contributed by atoms with van der Waals surface area (Å²) in [6.45, 7) is 0.646. The molecule has 34 heavy (non-hydrogen) atoms. The van der Waals surface area contributed by atoms with Gasteiger partial charge in [-0.25, -0.2) is 15.0 Å². The third-order valence-electron chi connectivity index (χ3n) is 5.28. The highest BCUT2D eigenvalue weighted by Crippen LogP contribution is 2.32. The second kappa shape index (κ2) is 11.0. The normalized spacial score (nSPS) is 23.8. The summed E-state index contributed by atoms with van der Waals surface area (Å²) in [6.07, 6.45) is 14.3. The van der Waals surface area contributed by atoms with Crippen molar-refractivity contribution in [3.8, 4) is 0 Å². The van der Waals surface area contributed by atoms with E-state index in [2.05, 4.69) is 20.6 Å². The molecule has 0 aromatic carbocycles. The highest BCUT2D eigenvalue weighted by atomic mass is 35.5. The number of nitrogens with one attached hydrogen (secondary N) is 2. The molecule has 2 amide bonds. The lowest BCUT2D eigenvalue weighted by molar-refractivity contribution is -0.121. The molecule has 4 rings (SSSR count). The number of hydrogen-bond acceptors (Lipinski definition) is 7. The molecule has 0 radical (unpaired) electrons. The SMILES string of the molecule is COC1=C2N=c3ncnc4c3=CC(C=C4)OCCCC(=O)NC/C=C\C(=O)N/C=C\2C(Cl)=CC1. The number of ether oxygens (including phenoxy) is 2. The van der Waals surface area contributed by atoms with E-state index in [4.69, 9.17) is 26.1 Å². The summed E-state index contributed by atoms with van der Waals surface area (Å²) >= 11 is 6.48. The largest absolute Gasteiger partial charge is 0.498 e. The van der Waals surface area contributed by atoms with E-state index in [-0.39, 0.29) is 24.5 Å². The summed E-state index contributed by atoms with van der Waals surface area (Å²) in [5, 5.41) is 6.57. The number of aromatic nitrogens is 2. The van der Waals surface area contributed by atoms with Crippen molar-refractivity contribution in [3.05, 3.63) is 75.3 Å². The van der Waals surface area contributed by atoms with Gasteiger partial charge in [-0.15, -0.1) is 0 Å². The molecule has 2 N–H and O–H groups in total. The third-order valence-corrected chi connectivity index (χ3v) is 5.64. The molecule has 1 aromatic rings. The van der Waals surface area contributed by atoms with E-state index in [0.717, 1.165) is 0 Å². The van der Waals surface area contributed by atoms with Crippen molar-refractivity contribution < 1.29 is 19.1 Å². The first-order chi connectivity index (χ1) is 16.5. The first-order valence-corrected chi connectivity index (χ1v) is 11.2. The first kappa shape index (κ1) is 23.6. The molecular weight excluding hydrogens is 458 g/mol. The molecule has 2 bridgehead atoms. The molecule has 0 saturated heterocycles. The Morgan fingerprint density at radius 1 is 1.24 bits per heavy atom. The first-order valence-electron chi connectivity index (χ1n) is 10.8. The van der Waals surface area contributed by atoms with Crippen LogP contribution in [0.15, 0.2) is 63.9 Å². The number of fused-ring (bicyclic) bond motifs is 2. The fraction of sp³-hybridized carbons (Fsp3) is 0.292. The van der Waals surface area contributed by atoms with Gasteiger partial charge in [-0.1, -0.05) is 23.8 Å². The van der Waals surface area contributed by atoms with E-state index >= 15 is 0 Å². The van der Waals surface area contributed by atoms with Crippen molar-refractivity contribution in [2.24, 2.45) is 4.99 Å². The Morgan fingerprint density at radius 3 is 2.97 bits per heavy atom. The molecule has 10 heteroatoms. The van der Waals surface area contributed by atoms with Crippen LogP contribution in [0.4, 0.5) is 0 Å². The van der Waals surface area contributed by atoms with Crippen LogP contribution in [0.25, 0.3) is 12.2 Å². The average molecular weight is 482 g/mol. The van der Waals surface area contributed by atoms with Crippen molar-refractivity contribution in [1.82, 2.24) is 20.6 Å². The van der Waals surface area contributed by atoms with Crippen LogP contribution in [0.2, 0.25) is 0 Å².